The van der Waals surface area contributed by atoms with E-state index in [0.29, 0.717) is 10.8 Å². The van der Waals surface area contributed by atoms with E-state index < -0.39 is 0 Å². The molecule has 1 unspecified atom stereocenters. The third-order valence-corrected chi connectivity index (χ3v) is 4.14. The summed E-state index contributed by atoms with van der Waals surface area (Å²) in [6.45, 7) is 1.85. The molecule has 0 radical (unpaired) electrons. The van der Waals surface area contributed by atoms with Crippen LogP contribution in [-0.2, 0) is 4.79 Å². The van der Waals surface area contributed by atoms with E-state index in [9.17, 15) is 4.79 Å². The maximum atomic E-state index is 11.9. The molecule has 0 saturated carbocycles. The SMILES string of the molecule is CC(Sc1ccccc1N)C(=O)Nc1nccs1. The average Bonchev–Trinajstić information content (AvgIpc) is 2.84. The standard InChI is InChI=1S/C12H13N3OS2/c1-8(11(16)15-12-14-6-7-17-12)18-10-5-3-2-4-9(10)13/h2-8H,13H2,1H3,(H,14,15,16). The van der Waals surface area contributed by atoms with Crippen molar-refractivity contribution in [3.8, 4) is 0 Å². The van der Waals surface area contributed by atoms with Gasteiger partial charge in [0.25, 0.3) is 0 Å². The van der Waals surface area contributed by atoms with Crippen LogP contribution in [0.3, 0.4) is 0 Å². The Morgan fingerprint density at radius 3 is 2.94 bits per heavy atom. The van der Waals surface area contributed by atoms with Crippen LogP contribution in [0.25, 0.3) is 0 Å². The van der Waals surface area contributed by atoms with Crippen molar-refractivity contribution in [3.63, 3.8) is 0 Å². The second-order valence-corrected chi connectivity index (χ2v) is 5.90. The van der Waals surface area contributed by atoms with Crippen molar-refractivity contribution in [2.75, 3.05) is 11.1 Å². The van der Waals surface area contributed by atoms with Gasteiger partial charge in [0.15, 0.2) is 5.13 Å². The Morgan fingerprint density at radius 2 is 2.28 bits per heavy atom. The minimum atomic E-state index is -0.224. The Labute approximate surface area is 114 Å². The summed E-state index contributed by atoms with van der Waals surface area (Å²) in [4.78, 5) is 16.9. The van der Waals surface area contributed by atoms with Crippen LogP contribution in [-0.4, -0.2) is 16.1 Å². The van der Waals surface area contributed by atoms with Gasteiger partial charge in [-0.25, -0.2) is 4.98 Å². The van der Waals surface area contributed by atoms with Crippen LogP contribution >= 0.6 is 23.1 Å². The Bertz CT molecular complexity index is 528. The molecule has 2 rings (SSSR count). The van der Waals surface area contributed by atoms with Gasteiger partial charge in [-0.2, -0.15) is 0 Å². The summed E-state index contributed by atoms with van der Waals surface area (Å²) in [5.74, 6) is -0.0711. The minimum absolute atomic E-state index is 0.0711. The largest absolute Gasteiger partial charge is 0.398 e. The number of anilines is 2. The summed E-state index contributed by atoms with van der Waals surface area (Å²) >= 11 is 2.84. The lowest BCUT2D eigenvalue weighted by atomic mass is 10.3. The highest BCUT2D eigenvalue weighted by atomic mass is 32.2. The van der Waals surface area contributed by atoms with E-state index in [1.807, 2.05) is 36.6 Å². The monoisotopic (exact) mass is 279 g/mol. The van der Waals surface area contributed by atoms with Gasteiger partial charge >= 0.3 is 0 Å². The third kappa shape index (κ3) is 3.24. The van der Waals surface area contributed by atoms with E-state index in [1.165, 1.54) is 23.1 Å². The molecular formula is C12H13N3OS2. The van der Waals surface area contributed by atoms with Crippen molar-refractivity contribution in [1.82, 2.24) is 4.98 Å². The van der Waals surface area contributed by atoms with Crippen molar-refractivity contribution < 1.29 is 4.79 Å². The normalized spacial score (nSPS) is 12.1. The van der Waals surface area contributed by atoms with Crippen molar-refractivity contribution in [2.24, 2.45) is 0 Å². The molecule has 1 atom stereocenters. The van der Waals surface area contributed by atoms with Gasteiger partial charge in [-0.05, 0) is 19.1 Å². The number of benzene rings is 1. The number of amides is 1. The number of hydrogen-bond donors (Lipinski definition) is 2. The molecular weight excluding hydrogens is 266 g/mol. The number of thioether (sulfide) groups is 1. The van der Waals surface area contributed by atoms with Crippen LogP contribution < -0.4 is 11.1 Å². The molecule has 0 aliphatic heterocycles. The molecule has 0 bridgehead atoms. The topological polar surface area (TPSA) is 68.0 Å². The average molecular weight is 279 g/mol. The Kier molecular flexibility index (Phi) is 4.22. The fourth-order valence-corrected chi connectivity index (χ4v) is 2.76. The van der Waals surface area contributed by atoms with Crippen molar-refractivity contribution >= 4 is 39.8 Å². The van der Waals surface area contributed by atoms with E-state index >= 15 is 0 Å². The lowest BCUT2D eigenvalue weighted by Crippen LogP contribution is -2.22. The van der Waals surface area contributed by atoms with Gasteiger partial charge in [0, 0.05) is 22.2 Å². The lowest BCUT2D eigenvalue weighted by molar-refractivity contribution is -0.115. The van der Waals surface area contributed by atoms with Crippen LogP contribution in [0.5, 0.6) is 0 Å². The first kappa shape index (κ1) is 12.9. The van der Waals surface area contributed by atoms with Gasteiger partial charge in [-0.1, -0.05) is 12.1 Å². The molecule has 1 aromatic carbocycles. The Morgan fingerprint density at radius 1 is 1.50 bits per heavy atom. The number of carbonyl (C=O) groups excluding carboxylic acids is 1. The number of nitrogens with two attached hydrogens (primary N) is 1. The molecule has 4 nitrogen and oxygen atoms in total. The highest BCUT2D eigenvalue weighted by Crippen LogP contribution is 2.29. The summed E-state index contributed by atoms with van der Waals surface area (Å²) in [6, 6.07) is 7.52. The first-order chi connectivity index (χ1) is 8.66. The second-order valence-electron chi connectivity index (χ2n) is 3.62. The van der Waals surface area contributed by atoms with E-state index in [1.54, 1.807) is 6.20 Å². The van der Waals surface area contributed by atoms with Gasteiger partial charge in [0.1, 0.15) is 0 Å². The molecule has 6 heteroatoms. The van der Waals surface area contributed by atoms with Crippen molar-refractivity contribution in [1.29, 1.82) is 0 Å². The van der Waals surface area contributed by atoms with Crippen molar-refractivity contribution in [2.45, 2.75) is 17.1 Å². The number of thiazole rings is 1. The summed E-state index contributed by atoms with van der Waals surface area (Å²) in [7, 11) is 0. The van der Waals surface area contributed by atoms with Crippen molar-refractivity contribution in [3.05, 3.63) is 35.8 Å². The minimum Gasteiger partial charge on any atom is -0.398 e. The third-order valence-electron chi connectivity index (χ3n) is 2.25. The molecule has 0 aliphatic carbocycles. The summed E-state index contributed by atoms with van der Waals surface area (Å²) < 4.78 is 0. The molecule has 3 N–H and O–H groups in total. The van der Waals surface area contributed by atoms with Crippen LogP contribution in [0.2, 0.25) is 0 Å². The summed E-state index contributed by atoms with van der Waals surface area (Å²) in [5.41, 5.74) is 6.53. The summed E-state index contributed by atoms with van der Waals surface area (Å²) in [6.07, 6.45) is 1.66. The highest BCUT2D eigenvalue weighted by molar-refractivity contribution is 8.00. The fourth-order valence-electron chi connectivity index (χ4n) is 1.32. The molecule has 2 aromatic rings. The molecule has 0 fully saturated rings. The molecule has 0 aliphatic rings. The predicted octanol–water partition coefficient (Wildman–Crippen LogP) is 2.84. The second kappa shape index (κ2) is 5.88. The fraction of sp³-hybridized carbons (Fsp3) is 0.167. The number of para-hydroxylation sites is 1. The van der Waals surface area contributed by atoms with E-state index in [-0.39, 0.29) is 11.2 Å². The molecule has 1 heterocycles. The van der Waals surface area contributed by atoms with Crippen LogP contribution in [0.4, 0.5) is 10.8 Å². The zero-order valence-electron chi connectivity index (χ0n) is 9.79. The van der Waals surface area contributed by atoms with Gasteiger partial charge in [0.2, 0.25) is 5.91 Å². The maximum absolute atomic E-state index is 11.9. The number of nitrogens with one attached hydrogen (secondary N) is 1. The summed E-state index contributed by atoms with van der Waals surface area (Å²) in [5, 5.41) is 4.99. The zero-order valence-corrected chi connectivity index (χ0v) is 11.4. The predicted molar refractivity (Wildman–Crippen MR) is 76.9 cm³/mol. The lowest BCUT2D eigenvalue weighted by Gasteiger charge is -2.11. The quantitative estimate of drug-likeness (QED) is 0.667. The Balaban J connectivity index is 1.97. The van der Waals surface area contributed by atoms with Crippen LogP contribution in [0.15, 0.2) is 40.7 Å². The molecule has 0 saturated heterocycles. The first-order valence-electron chi connectivity index (χ1n) is 5.38. The number of rotatable bonds is 4. The molecule has 1 aromatic heterocycles. The van der Waals surface area contributed by atoms with Gasteiger partial charge in [0.05, 0.1) is 5.25 Å². The number of carbonyl (C=O) groups is 1. The van der Waals surface area contributed by atoms with Gasteiger partial charge in [-0.3, -0.25) is 4.79 Å². The van der Waals surface area contributed by atoms with E-state index in [4.69, 9.17) is 5.73 Å². The highest BCUT2D eigenvalue weighted by Gasteiger charge is 2.16. The zero-order chi connectivity index (χ0) is 13.0. The molecule has 0 spiro atoms. The first-order valence-corrected chi connectivity index (χ1v) is 7.14. The maximum Gasteiger partial charge on any atom is 0.239 e. The number of nitrogens with zero attached hydrogens (tertiary/aromatic N) is 1. The number of nitrogen functional groups attached to an aromatic ring is 1. The van der Waals surface area contributed by atoms with Crippen LogP contribution in [0.1, 0.15) is 6.92 Å². The molecule has 18 heavy (non-hydrogen) atoms. The van der Waals surface area contributed by atoms with Gasteiger partial charge < -0.3 is 11.1 Å². The molecule has 94 valence electrons. The number of aromatic nitrogens is 1. The molecule has 1 amide bonds. The van der Waals surface area contributed by atoms with E-state index in [2.05, 4.69) is 10.3 Å². The smallest absolute Gasteiger partial charge is 0.239 e. The van der Waals surface area contributed by atoms with Crippen LogP contribution in [0, 0.1) is 0 Å². The van der Waals surface area contributed by atoms with E-state index in [0.717, 1.165) is 4.90 Å². The van der Waals surface area contributed by atoms with Gasteiger partial charge in [-0.15, -0.1) is 23.1 Å². The number of hydrogen-bond acceptors (Lipinski definition) is 5. The Hall–Kier alpha value is -1.53.